The van der Waals surface area contributed by atoms with Gasteiger partial charge in [0.15, 0.2) is 0 Å². The zero-order valence-electron chi connectivity index (χ0n) is 10.1. The first kappa shape index (κ1) is 12.7. The molecule has 0 aliphatic heterocycles. The lowest BCUT2D eigenvalue weighted by molar-refractivity contribution is -0.151. The number of rotatable bonds is 5. The molecule has 1 rings (SSSR count). The van der Waals surface area contributed by atoms with Crippen molar-refractivity contribution in [1.29, 1.82) is 0 Å². The number of carbonyl (C=O) groups is 1. The highest BCUT2D eigenvalue weighted by molar-refractivity contribution is 5.74. The van der Waals surface area contributed by atoms with Crippen LogP contribution in [0.5, 0.6) is 0 Å². The molecule has 0 bridgehead atoms. The minimum Gasteiger partial charge on any atom is -0.481 e. The fraction of sp³-hybridized carbons (Fsp3) is 0.538. The van der Waals surface area contributed by atoms with E-state index in [0.29, 0.717) is 6.42 Å². The third-order valence-corrected chi connectivity index (χ3v) is 3.42. The van der Waals surface area contributed by atoms with Gasteiger partial charge in [-0.05, 0) is 37.3 Å². The summed E-state index contributed by atoms with van der Waals surface area (Å²) < 4.78 is 0. The SMILES string of the molecule is CC(C)C(C)(CCc1cccnc1)C(=O)O. The van der Waals surface area contributed by atoms with Crippen molar-refractivity contribution in [2.24, 2.45) is 11.3 Å². The van der Waals surface area contributed by atoms with E-state index in [2.05, 4.69) is 4.98 Å². The molecule has 3 heteroatoms. The lowest BCUT2D eigenvalue weighted by Gasteiger charge is -2.28. The Kier molecular flexibility index (Phi) is 4.05. The highest BCUT2D eigenvalue weighted by Gasteiger charge is 2.35. The Morgan fingerprint density at radius 3 is 2.69 bits per heavy atom. The molecule has 0 saturated carbocycles. The van der Waals surface area contributed by atoms with E-state index in [-0.39, 0.29) is 5.92 Å². The first-order chi connectivity index (χ1) is 7.47. The summed E-state index contributed by atoms with van der Waals surface area (Å²) in [7, 11) is 0. The number of pyridine rings is 1. The second kappa shape index (κ2) is 5.10. The summed E-state index contributed by atoms with van der Waals surface area (Å²) in [5.41, 5.74) is 0.436. The third-order valence-electron chi connectivity index (χ3n) is 3.42. The van der Waals surface area contributed by atoms with Crippen LogP contribution in [-0.2, 0) is 11.2 Å². The van der Waals surface area contributed by atoms with Gasteiger partial charge in [0.05, 0.1) is 5.41 Å². The molecule has 0 spiro atoms. The van der Waals surface area contributed by atoms with Crippen molar-refractivity contribution in [1.82, 2.24) is 4.98 Å². The molecule has 1 unspecified atom stereocenters. The van der Waals surface area contributed by atoms with Gasteiger partial charge in [-0.15, -0.1) is 0 Å². The number of hydrogen-bond donors (Lipinski definition) is 1. The standard InChI is InChI=1S/C13H19NO2/c1-10(2)13(3,12(15)16)7-6-11-5-4-8-14-9-11/h4-5,8-10H,6-7H2,1-3H3,(H,15,16). The monoisotopic (exact) mass is 221 g/mol. The molecule has 0 aliphatic rings. The van der Waals surface area contributed by atoms with Crippen LogP contribution in [-0.4, -0.2) is 16.1 Å². The first-order valence-electron chi connectivity index (χ1n) is 5.59. The van der Waals surface area contributed by atoms with Crippen molar-refractivity contribution in [3.8, 4) is 0 Å². The molecule has 0 saturated heterocycles. The maximum Gasteiger partial charge on any atom is 0.309 e. The van der Waals surface area contributed by atoms with Gasteiger partial charge in [-0.25, -0.2) is 0 Å². The quantitative estimate of drug-likeness (QED) is 0.831. The highest BCUT2D eigenvalue weighted by atomic mass is 16.4. The second-order valence-electron chi connectivity index (χ2n) is 4.74. The van der Waals surface area contributed by atoms with Crippen LogP contribution < -0.4 is 0 Å². The van der Waals surface area contributed by atoms with Gasteiger partial charge in [-0.2, -0.15) is 0 Å². The Bertz CT molecular complexity index is 348. The molecular formula is C13H19NO2. The van der Waals surface area contributed by atoms with Gasteiger partial charge < -0.3 is 5.11 Å². The summed E-state index contributed by atoms with van der Waals surface area (Å²) in [4.78, 5) is 15.3. The minimum atomic E-state index is -0.716. The summed E-state index contributed by atoms with van der Waals surface area (Å²) in [5.74, 6) is -0.590. The number of aliphatic carboxylic acids is 1. The molecule has 0 aromatic carbocycles. The fourth-order valence-electron chi connectivity index (χ4n) is 1.59. The van der Waals surface area contributed by atoms with E-state index in [1.165, 1.54) is 0 Å². The summed E-state index contributed by atoms with van der Waals surface area (Å²) in [6, 6.07) is 3.86. The normalized spacial score (nSPS) is 14.8. The molecule has 1 aromatic rings. The number of carboxylic acid groups (broad SMARTS) is 1. The Morgan fingerprint density at radius 2 is 2.25 bits per heavy atom. The summed E-state index contributed by atoms with van der Waals surface area (Å²) >= 11 is 0. The summed E-state index contributed by atoms with van der Waals surface area (Å²) in [5, 5.41) is 9.27. The molecule has 0 aliphatic carbocycles. The van der Waals surface area contributed by atoms with Crippen LogP contribution in [0.1, 0.15) is 32.8 Å². The molecule has 3 nitrogen and oxygen atoms in total. The number of carboxylic acids is 1. The average molecular weight is 221 g/mol. The predicted octanol–water partition coefficient (Wildman–Crippen LogP) is 2.76. The van der Waals surface area contributed by atoms with Gasteiger partial charge >= 0.3 is 5.97 Å². The van der Waals surface area contributed by atoms with Crippen molar-refractivity contribution in [3.63, 3.8) is 0 Å². The van der Waals surface area contributed by atoms with Gasteiger partial charge in [0.1, 0.15) is 0 Å². The van der Waals surface area contributed by atoms with E-state index in [0.717, 1.165) is 12.0 Å². The fourth-order valence-corrected chi connectivity index (χ4v) is 1.59. The lowest BCUT2D eigenvalue weighted by Crippen LogP contribution is -2.33. The number of aryl methyl sites for hydroxylation is 1. The molecule has 1 N–H and O–H groups in total. The topological polar surface area (TPSA) is 50.2 Å². The van der Waals surface area contributed by atoms with E-state index < -0.39 is 11.4 Å². The van der Waals surface area contributed by atoms with E-state index in [4.69, 9.17) is 0 Å². The minimum absolute atomic E-state index is 0.127. The van der Waals surface area contributed by atoms with Gasteiger partial charge in [-0.3, -0.25) is 9.78 Å². The zero-order valence-corrected chi connectivity index (χ0v) is 10.1. The number of nitrogens with zero attached hydrogens (tertiary/aromatic N) is 1. The summed E-state index contributed by atoms with van der Waals surface area (Å²) in [6.45, 7) is 5.73. The Hall–Kier alpha value is -1.38. The summed E-state index contributed by atoms with van der Waals surface area (Å²) in [6.07, 6.45) is 4.92. The molecule has 88 valence electrons. The maximum atomic E-state index is 11.3. The van der Waals surface area contributed by atoms with Crippen molar-refractivity contribution >= 4 is 5.97 Å². The smallest absolute Gasteiger partial charge is 0.309 e. The zero-order chi connectivity index (χ0) is 12.2. The van der Waals surface area contributed by atoms with Crippen LogP contribution in [0.25, 0.3) is 0 Å². The van der Waals surface area contributed by atoms with Crippen molar-refractivity contribution in [3.05, 3.63) is 30.1 Å². The third kappa shape index (κ3) is 2.81. The van der Waals surface area contributed by atoms with Gasteiger partial charge in [0, 0.05) is 12.4 Å². The second-order valence-corrected chi connectivity index (χ2v) is 4.74. The van der Waals surface area contributed by atoms with Crippen LogP contribution in [0.4, 0.5) is 0 Å². The number of hydrogen-bond acceptors (Lipinski definition) is 2. The largest absolute Gasteiger partial charge is 0.481 e. The molecule has 0 fully saturated rings. The van der Waals surface area contributed by atoms with Gasteiger partial charge in [-0.1, -0.05) is 19.9 Å². The number of aromatic nitrogens is 1. The highest BCUT2D eigenvalue weighted by Crippen LogP contribution is 2.32. The lowest BCUT2D eigenvalue weighted by atomic mass is 9.75. The molecule has 1 aromatic heterocycles. The molecule has 1 heterocycles. The van der Waals surface area contributed by atoms with E-state index in [9.17, 15) is 9.90 Å². The van der Waals surface area contributed by atoms with Crippen LogP contribution in [0.15, 0.2) is 24.5 Å². The van der Waals surface area contributed by atoms with Crippen molar-refractivity contribution in [2.45, 2.75) is 33.6 Å². The Labute approximate surface area is 96.5 Å². The van der Waals surface area contributed by atoms with Crippen molar-refractivity contribution < 1.29 is 9.90 Å². The van der Waals surface area contributed by atoms with Crippen LogP contribution in [0.2, 0.25) is 0 Å². The Morgan fingerprint density at radius 1 is 1.56 bits per heavy atom. The maximum absolute atomic E-state index is 11.3. The Balaban J connectivity index is 2.69. The van der Waals surface area contributed by atoms with Gasteiger partial charge in [0.2, 0.25) is 0 Å². The molecule has 0 amide bonds. The first-order valence-corrected chi connectivity index (χ1v) is 5.59. The molecule has 0 radical (unpaired) electrons. The average Bonchev–Trinajstić information content (AvgIpc) is 2.26. The van der Waals surface area contributed by atoms with Crippen molar-refractivity contribution in [2.75, 3.05) is 0 Å². The predicted molar refractivity (Wildman–Crippen MR) is 63.1 cm³/mol. The van der Waals surface area contributed by atoms with Crippen LogP contribution in [0, 0.1) is 11.3 Å². The van der Waals surface area contributed by atoms with E-state index >= 15 is 0 Å². The van der Waals surface area contributed by atoms with Crippen LogP contribution in [0.3, 0.4) is 0 Å². The van der Waals surface area contributed by atoms with Gasteiger partial charge in [0.25, 0.3) is 0 Å². The molecule has 16 heavy (non-hydrogen) atoms. The van der Waals surface area contributed by atoms with E-state index in [1.54, 1.807) is 12.4 Å². The van der Waals surface area contributed by atoms with Crippen LogP contribution >= 0.6 is 0 Å². The molecular weight excluding hydrogens is 202 g/mol. The van der Waals surface area contributed by atoms with E-state index in [1.807, 2.05) is 32.9 Å². The molecule has 1 atom stereocenters.